The number of hydrogen-bond donors (Lipinski definition) is 2. The summed E-state index contributed by atoms with van der Waals surface area (Å²) in [7, 11) is 1.79. The Hall–Kier alpha value is -2.31. The van der Waals surface area contributed by atoms with E-state index >= 15 is 0 Å². The average molecular weight is 261 g/mol. The molecular formula is C12H15N5O2. The van der Waals surface area contributed by atoms with Crippen molar-refractivity contribution in [2.24, 2.45) is 7.05 Å². The molecule has 1 fully saturated rings. The van der Waals surface area contributed by atoms with Crippen LogP contribution in [0.4, 0.5) is 0 Å². The van der Waals surface area contributed by atoms with Gasteiger partial charge in [0.05, 0.1) is 11.8 Å². The molecule has 0 saturated carbocycles. The topological polar surface area (TPSA) is 86.8 Å². The Kier molecular flexibility index (Phi) is 2.73. The maximum absolute atomic E-state index is 12.2. The minimum Gasteiger partial charge on any atom is -0.338 e. The van der Waals surface area contributed by atoms with Gasteiger partial charge in [-0.25, -0.2) is 0 Å². The Morgan fingerprint density at radius 3 is 2.95 bits per heavy atom. The molecule has 7 heteroatoms. The molecule has 2 N–H and O–H groups in total. The van der Waals surface area contributed by atoms with Crippen molar-refractivity contribution in [3.63, 3.8) is 0 Å². The fraction of sp³-hybridized carbons (Fsp3) is 0.417. The summed E-state index contributed by atoms with van der Waals surface area (Å²) in [5, 5.41) is 9.39. The molecule has 7 nitrogen and oxygen atoms in total. The maximum Gasteiger partial charge on any atom is 0.264 e. The summed E-state index contributed by atoms with van der Waals surface area (Å²) in [6.45, 7) is 1.33. The Morgan fingerprint density at radius 1 is 1.47 bits per heavy atom. The number of carbonyl (C=O) groups is 1. The third kappa shape index (κ3) is 2.18. The van der Waals surface area contributed by atoms with Crippen molar-refractivity contribution in [1.82, 2.24) is 24.9 Å². The Labute approximate surface area is 109 Å². The van der Waals surface area contributed by atoms with Gasteiger partial charge in [-0.3, -0.25) is 19.4 Å². The zero-order valence-corrected chi connectivity index (χ0v) is 10.6. The standard InChI is InChI=1S/C12H15N5O2/c1-16-6-9(5-13-16)12(19)17-3-2-8(7-17)10-4-11(18)15-14-10/h4-6,8H,2-3,7H2,1H3,(H2,14,15,18). The highest BCUT2D eigenvalue weighted by Crippen LogP contribution is 2.25. The first-order chi connectivity index (χ1) is 9.13. The van der Waals surface area contributed by atoms with Crippen molar-refractivity contribution in [3.05, 3.63) is 40.1 Å². The number of nitrogens with one attached hydrogen (secondary N) is 2. The minimum atomic E-state index is -0.132. The van der Waals surface area contributed by atoms with Gasteiger partial charge in [0.15, 0.2) is 0 Å². The molecule has 1 amide bonds. The molecule has 0 aliphatic carbocycles. The monoisotopic (exact) mass is 261 g/mol. The quantitative estimate of drug-likeness (QED) is 0.801. The number of aromatic nitrogens is 4. The molecule has 1 unspecified atom stereocenters. The van der Waals surface area contributed by atoms with Crippen molar-refractivity contribution >= 4 is 5.91 Å². The Morgan fingerprint density at radius 2 is 2.32 bits per heavy atom. The lowest BCUT2D eigenvalue weighted by Crippen LogP contribution is -2.28. The summed E-state index contributed by atoms with van der Waals surface area (Å²) >= 11 is 0. The summed E-state index contributed by atoms with van der Waals surface area (Å²) < 4.78 is 1.62. The van der Waals surface area contributed by atoms with Gasteiger partial charge < -0.3 is 10.00 Å². The first-order valence-electron chi connectivity index (χ1n) is 6.19. The summed E-state index contributed by atoms with van der Waals surface area (Å²) in [6, 6.07) is 1.56. The maximum atomic E-state index is 12.2. The number of likely N-dealkylation sites (tertiary alicyclic amines) is 1. The van der Waals surface area contributed by atoms with Crippen LogP contribution in [0.1, 0.15) is 28.4 Å². The van der Waals surface area contributed by atoms with E-state index < -0.39 is 0 Å². The van der Waals surface area contributed by atoms with Gasteiger partial charge >= 0.3 is 0 Å². The normalized spacial score (nSPS) is 19.0. The number of rotatable bonds is 2. The SMILES string of the molecule is Cn1cc(C(=O)N2CCC(c3cc(=O)[nH][nH]3)C2)cn1. The number of nitrogens with zero attached hydrogens (tertiary/aromatic N) is 3. The highest BCUT2D eigenvalue weighted by molar-refractivity contribution is 5.93. The fourth-order valence-corrected chi connectivity index (χ4v) is 2.48. The highest BCUT2D eigenvalue weighted by Gasteiger charge is 2.29. The van der Waals surface area contributed by atoms with E-state index in [0.717, 1.165) is 12.1 Å². The second kappa shape index (κ2) is 4.42. The summed E-state index contributed by atoms with van der Waals surface area (Å²) in [5.74, 6) is 0.188. The van der Waals surface area contributed by atoms with E-state index in [1.54, 1.807) is 35.1 Å². The molecule has 0 spiro atoms. The molecule has 1 aliphatic heterocycles. The first kappa shape index (κ1) is 11.8. The summed E-state index contributed by atoms with van der Waals surface area (Å²) in [6.07, 6.45) is 4.15. The highest BCUT2D eigenvalue weighted by atomic mass is 16.2. The van der Waals surface area contributed by atoms with Crippen molar-refractivity contribution in [1.29, 1.82) is 0 Å². The fourth-order valence-electron chi connectivity index (χ4n) is 2.48. The van der Waals surface area contributed by atoms with Crippen LogP contribution in [0, 0.1) is 0 Å². The lowest BCUT2D eigenvalue weighted by molar-refractivity contribution is 0.0790. The zero-order valence-electron chi connectivity index (χ0n) is 10.6. The largest absolute Gasteiger partial charge is 0.338 e. The number of hydrogen-bond acceptors (Lipinski definition) is 3. The molecule has 2 aromatic heterocycles. The molecule has 2 aromatic rings. The van der Waals surface area contributed by atoms with Crippen LogP contribution in [0.25, 0.3) is 0 Å². The van der Waals surface area contributed by atoms with Crippen molar-refractivity contribution < 1.29 is 4.79 Å². The van der Waals surface area contributed by atoms with Gasteiger partial charge in [-0.05, 0) is 6.42 Å². The molecule has 100 valence electrons. The summed E-state index contributed by atoms with van der Waals surface area (Å²) in [4.78, 5) is 25.1. The van der Waals surface area contributed by atoms with E-state index in [2.05, 4.69) is 15.3 Å². The number of amides is 1. The van der Waals surface area contributed by atoms with Gasteiger partial charge in [-0.15, -0.1) is 0 Å². The van der Waals surface area contributed by atoms with Crippen molar-refractivity contribution in [2.75, 3.05) is 13.1 Å². The molecular weight excluding hydrogens is 246 g/mol. The molecule has 3 heterocycles. The number of aromatic amines is 2. The number of aryl methyl sites for hydroxylation is 1. The zero-order chi connectivity index (χ0) is 13.4. The lowest BCUT2D eigenvalue weighted by Gasteiger charge is -2.14. The minimum absolute atomic E-state index is 0.00603. The van der Waals surface area contributed by atoms with Crippen LogP contribution in [0.5, 0.6) is 0 Å². The van der Waals surface area contributed by atoms with Crippen LogP contribution in [-0.2, 0) is 7.05 Å². The van der Waals surface area contributed by atoms with Crippen LogP contribution >= 0.6 is 0 Å². The molecule has 0 bridgehead atoms. The Balaban J connectivity index is 1.72. The van der Waals surface area contributed by atoms with Crippen LogP contribution in [-0.4, -0.2) is 43.9 Å². The second-order valence-electron chi connectivity index (χ2n) is 4.85. The molecule has 0 aromatic carbocycles. The molecule has 1 saturated heterocycles. The number of carbonyl (C=O) groups excluding carboxylic acids is 1. The van der Waals surface area contributed by atoms with Crippen molar-refractivity contribution in [2.45, 2.75) is 12.3 Å². The molecule has 3 rings (SSSR count). The predicted molar refractivity (Wildman–Crippen MR) is 67.9 cm³/mol. The predicted octanol–water partition coefficient (Wildman–Crippen LogP) is 0.0662. The van der Waals surface area contributed by atoms with E-state index in [0.29, 0.717) is 18.7 Å². The van der Waals surface area contributed by atoms with Crippen LogP contribution < -0.4 is 5.56 Å². The molecule has 1 atom stereocenters. The van der Waals surface area contributed by atoms with Gasteiger partial charge in [0.2, 0.25) is 0 Å². The second-order valence-corrected chi connectivity index (χ2v) is 4.85. The Bertz CT molecular complexity index is 653. The molecule has 19 heavy (non-hydrogen) atoms. The van der Waals surface area contributed by atoms with Gasteiger partial charge in [-0.2, -0.15) is 5.10 Å². The van der Waals surface area contributed by atoms with Crippen LogP contribution in [0.3, 0.4) is 0 Å². The van der Waals surface area contributed by atoms with Gasteiger partial charge in [0.25, 0.3) is 11.5 Å². The molecule has 1 aliphatic rings. The van der Waals surface area contributed by atoms with E-state index in [1.165, 1.54) is 0 Å². The van der Waals surface area contributed by atoms with Crippen molar-refractivity contribution in [3.8, 4) is 0 Å². The van der Waals surface area contributed by atoms with Crippen LogP contribution in [0.2, 0.25) is 0 Å². The summed E-state index contributed by atoms with van der Waals surface area (Å²) in [5.41, 5.74) is 1.34. The van der Waals surface area contributed by atoms with E-state index in [4.69, 9.17) is 0 Å². The van der Waals surface area contributed by atoms with Gasteiger partial charge in [0.1, 0.15) is 0 Å². The third-order valence-electron chi connectivity index (χ3n) is 3.48. The lowest BCUT2D eigenvalue weighted by atomic mass is 10.1. The third-order valence-corrected chi connectivity index (χ3v) is 3.48. The van der Waals surface area contributed by atoms with Gasteiger partial charge in [0, 0.05) is 44.0 Å². The van der Waals surface area contributed by atoms with Gasteiger partial charge in [-0.1, -0.05) is 0 Å². The van der Waals surface area contributed by atoms with E-state index in [1.807, 2.05) is 0 Å². The van der Waals surface area contributed by atoms with E-state index in [9.17, 15) is 9.59 Å². The van der Waals surface area contributed by atoms with Crippen LogP contribution in [0.15, 0.2) is 23.3 Å². The molecule has 0 radical (unpaired) electrons. The van der Waals surface area contributed by atoms with E-state index in [-0.39, 0.29) is 17.4 Å². The smallest absolute Gasteiger partial charge is 0.264 e. The first-order valence-corrected chi connectivity index (χ1v) is 6.19. The average Bonchev–Trinajstić information content (AvgIpc) is 3.07. The number of H-pyrrole nitrogens is 2.